The summed E-state index contributed by atoms with van der Waals surface area (Å²) in [5.74, 6) is -0.477. The molecule has 0 fully saturated rings. The molecule has 31 heavy (non-hydrogen) atoms. The Labute approximate surface area is 180 Å². The van der Waals surface area contributed by atoms with Crippen molar-refractivity contribution in [1.29, 1.82) is 0 Å². The van der Waals surface area contributed by atoms with Gasteiger partial charge in [0.05, 0.1) is 45.1 Å². The van der Waals surface area contributed by atoms with E-state index in [1.807, 2.05) is 0 Å². The number of carbonyl (C=O) groups is 2. The van der Waals surface area contributed by atoms with Gasteiger partial charge in [0.25, 0.3) is 5.91 Å². The molecule has 2 aromatic rings. The minimum Gasteiger partial charge on any atom is -0.497 e. The standard InChI is InChI=1S/C20H23N3O7S/c1-28-16-9-10-18(29-2)17(11-16)23(31(4,26)27)13-19(24)22-21-12-14-5-7-15(8-6-14)20(25)30-3/h5-12H,13H2,1-4H3,(H,22,24)/b21-12-. The molecular weight excluding hydrogens is 426 g/mol. The van der Waals surface area contributed by atoms with Crippen LogP contribution in [0.1, 0.15) is 15.9 Å². The minimum absolute atomic E-state index is 0.155. The molecule has 0 heterocycles. The average Bonchev–Trinajstić information content (AvgIpc) is 2.76. The molecule has 0 aliphatic rings. The summed E-state index contributed by atoms with van der Waals surface area (Å²) in [6.07, 6.45) is 2.33. The first-order valence-electron chi connectivity index (χ1n) is 8.89. The molecule has 10 nitrogen and oxygen atoms in total. The zero-order valence-corrected chi connectivity index (χ0v) is 18.3. The summed E-state index contributed by atoms with van der Waals surface area (Å²) in [4.78, 5) is 23.8. The van der Waals surface area contributed by atoms with Crippen LogP contribution in [0.15, 0.2) is 47.6 Å². The molecule has 1 N–H and O–H groups in total. The van der Waals surface area contributed by atoms with Gasteiger partial charge in [-0.3, -0.25) is 9.10 Å². The highest BCUT2D eigenvalue weighted by molar-refractivity contribution is 7.92. The zero-order valence-electron chi connectivity index (χ0n) is 17.5. The monoisotopic (exact) mass is 449 g/mol. The minimum atomic E-state index is -3.82. The summed E-state index contributed by atoms with van der Waals surface area (Å²) in [6.45, 7) is -0.527. The molecule has 2 aromatic carbocycles. The predicted molar refractivity (Wildman–Crippen MR) is 115 cm³/mol. The van der Waals surface area contributed by atoms with Gasteiger partial charge < -0.3 is 14.2 Å². The lowest BCUT2D eigenvalue weighted by Gasteiger charge is -2.23. The first-order valence-corrected chi connectivity index (χ1v) is 10.7. The van der Waals surface area contributed by atoms with E-state index in [0.717, 1.165) is 10.6 Å². The van der Waals surface area contributed by atoms with E-state index in [1.54, 1.807) is 36.4 Å². The lowest BCUT2D eigenvalue weighted by atomic mass is 10.1. The fraction of sp³-hybridized carbons (Fsp3) is 0.250. The number of nitrogens with zero attached hydrogens (tertiary/aromatic N) is 2. The van der Waals surface area contributed by atoms with E-state index < -0.39 is 28.4 Å². The number of esters is 1. The van der Waals surface area contributed by atoms with Crippen molar-refractivity contribution in [3.8, 4) is 11.5 Å². The Bertz CT molecular complexity index is 1070. The summed E-state index contributed by atoms with van der Waals surface area (Å²) in [7, 11) is 0.294. The summed E-state index contributed by atoms with van der Waals surface area (Å²) in [6, 6.07) is 10.9. The number of hydrogen-bond donors (Lipinski definition) is 1. The van der Waals surface area contributed by atoms with Gasteiger partial charge in [0.2, 0.25) is 10.0 Å². The maximum Gasteiger partial charge on any atom is 0.337 e. The van der Waals surface area contributed by atoms with Crippen LogP contribution in [0, 0.1) is 0 Å². The van der Waals surface area contributed by atoms with Crippen molar-refractivity contribution >= 4 is 33.8 Å². The summed E-state index contributed by atoms with van der Waals surface area (Å²) in [5, 5.41) is 3.82. The third kappa shape index (κ3) is 6.44. The number of amides is 1. The second-order valence-electron chi connectivity index (χ2n) is 6.21. The first-order chi connectivity index (χ1) is 14.7. The number of ether oxygens (including phenoxy) is 3. The highest BCUT2D eigenvalue weighted by Gasteiger charge is 2.24. The molecule has 166 valence electrons. The highest BCUT2D eigenvalue weighted by Crippen LogP contribution is 2.33. The van der Waals surface area contributed by atoms with Crippen LogP contribution < -0.4 is 19.2 Å². The second kappa shape index (κ2) is 10.4. The fourth-order valence-electron chi connectivity index (χ4n) is 2.54. The summed E-state index contributed by atoms with van der Waals surface area (Å²) in [5.41, 5.74) is 3.42. The maximum absolute atomic E-state index is 12.3. The van der Waals surface area contributed by atoms with Crippen LogP contribution in [0.3, 0.4) is 0 Å². The average molecular weight is 449 g/mol. The molecule has 0 aromatic heterocycles. The zero-order chi connectivity index (χ0) is 23.0. The Morgan fingerprint density at radius 3 is 2.29 bits per heavy atom. The number of nitrogens with one attached hydrogen (secondary N) is 1. The van der Waals surface area contributed by atoms with E-state index in [9.17, 15) is 18.0 Å². The van der Waals surface area contributed by atoms with Crippen molar-refractivity contribution in [3.63, 3.8) is 0 Å². The number of carbonyl (C=O) groups excluding carboxylic acids is 2. The van der Waals surface area contributed by atoms with Crippen LogP contribution in [0.4, 0.5) is 5.69 Å². The summed E-state index contributed by atoms with van der Waals surface area (Å²) < 4.78 is 40.5. The second-order valence-corrected chi connectivity index (χ2v) is 8.12. The van der Waals surface area contributed by atoms with Gasteiger partial charge in [0.15, 0.2) is 0 Å². The van der Waals surface area contributed by atoms with Crippen LogP contribution in [0.5, 0.6) is 11.5 Å². The van der Waals surface area contributed by atoms with Gasteiger partial charge in [-0.05, 0) is 29.8 Å². The number of hydrazone groups is 1. The van der Waals surface area contributed by atoms with E-state index in [-0.39, 0.29) is 11.4 Å². The number of hydrogen-bond acceptors (Lipinski definition) is 8. The Morgan fingerprint density at radius 1 is 1.06 bits per heavy atom. The number of rotatable bonds is 9. The van der Waals surface area contributed by atoms with Crippen LogP contribution in [0.2, 0.25) is 0 Å². The number of sulfonamides is 1. The molecular formula is C20H23N3O7S. The third-order valence-corrected chi connectivity index (χ3v) is 5.20. The Kier molecular flexibility index (Phi) is 7.97. The van der Waals surface area contributed by atoms with Crippen molar-refractivity contribution in [3.05, 3.63) is 53.6 Å². The van der Waals surface area contributed by atoms with Gasteiger partial charge in [0.1, 0.15) is 18.0 Å². The SMILES string of the molecule is COC(=O)c1ccc(/C=N\NC(=O)CN(c2cc(OC)ccc2OC)S(C)(=O)=O)cc1. The molecule has 0 spiro atoms. The van der Waals surface area contributed by atoms with Gasteiger partial charge in [-0.1, -0.05) is 12.1 Å². The molecule has 0 bridgehead atoms. The Morgan fingerprint density at radius 2 is 1.74 bits per heavy atom. The van der Waals surface area contributed by atoms with Crippen molar-refractivity contribution in [1.82, 2.24) is 5.43 Å². The molecule has 0 atom stereocenters. The van der Waals surface area contributed by atoms with E-state index in [2.05, 4.69) is 15.3 Å². The smallest absolute Gasteiger partial charge is 0.337 e. The Balaban J connectivity index is 2.14. The maximum atomic E-state index is 12.3. The normalized spacial score (nSPS) is 11.1. The van der Waals surface area contributed by atoms with Crippen LogP contribution >= 0.6 is 0 Å². The molecule has 0 aliphatic carbocycles. The fourth-order valence-corrected chi connectivity index (χ4v) is 3.39. The number of methoxy groups -OCH3 is 3. The van der Waals surface area contributed by atoms with Gasteiger partial charge in [-0.2, -0.15) is 5.10 Å². The largest absolute Gasteiger partial charge is 0.497 e. The van der Waals surface area contributed by atoms with Gasteiger partial charge >= 0.3 is 5.97 Å². The van der Waals surface area contributed by atoms with Crippen molar-refractivity contribution in [2.75, 3.05) is 38.4 Å². The lowest BCUT2D eigenvalue weighted by molar-refractivity contribution is -0.119. The quantitative estimate of drug-likeness (QED) is 0.349. The predicted octanol–water partition coefficient (Wildman–Crippen LogP) is 1.41. The Hall–Kier alpha value is -3.60. The molecule has 0 saturated heterocycles. The van der Waals surface area contributed by atoms with Gasteiger partial charge in [-0.15, -0.1) is 0 Å². The molecule has 0 aliphatic heterocycles. The molecule has 2 rings (SSSR count). The topological polar surface area (TPSA) is 124 Å². The molecule has 0 unspecified atom stereocenters. The van der Waals surface area contributed by atoms with E-state index >= 15 is 0 Å². The van der Waals surface area contributed by atoms with E-state index in [4.69, 9.17) is 9.47 Å². The van der Waals surface area contributed by atoms with Crippen molar-refractivity contribution in [2.45, 2.75) is 0 Å². The van der Waals surface area contributed by atoms with Crippen molar-refractivity contribution < 1.29 is 32.2 Å². The van der Waals surface area contributed by atoms with Gasteiger partial charge in [-0.25, -0.2) is 18.6 Å². The third-order valence-electron chi connectivity index (χ3n) is 4.08. The highest BCUT2D eigenvalue weighted by atomic mass is 32.2. The number of anilines is 1. The molecule has 11 heteroatoms. The molecule has 0 radical (unpaired) electrons. The van der Waals surface area contributed by atoms with E-state index in [1.165, 1.54) is 33.6 Å². The lowest BCUT2D eigenvalue weighted by Crippen LogP contribution is -2.39. The van der Waals surface area contributed by atoms with Crippen LogP contribution in [-0.2, 0) is 19.6 Å². The van der Waals surface area contributed by atoms with E-state index in [0.29, 0.717) is 16.9 Å². The summed E-state index contributed by atoms with van der Waals surface area (Å²) >= 11 is 0. The number of benzene rings is 2. The van der Waals surface area contributed by atoms with Crippen molar-refractivity contribution in [2.24, 2.45) is 5.10 Å². The van der Waals surface area contributed by atoms with Crippen LogP contribution in [0.25, 0.3) is 0 Å². The molecule has 1 amide bonds. The van der Waals surface area contributed by atoms with Crippen LogP contribution in [-0.4, -0.2) is 60.6 Å². The van der Waals surface area contributed by atoms with Gasteiger partial charge in [0, 0.05) is 6.07 Å². The molecule has 0 saturated carbocycles. The first kappa shape index (κ1) is 23.7.